The summed E-state index contributed by atoms with van der Waals surface area (Å²) in [5.41, 5.74) is 1.41. The summed E-state index contributed by atoms with van der Waals surface area (Å²) in [5.74, 6) is -0.819. The number of amides is 2. The van der Waals surface area contributed by atoms with Crippen molar-refractivity contribution < 1.29 is 19.1 Å². The predicted molar refractivity (Wildman–Crippen MR) is 99.0 cm³/mol. The van der Waals surface area contributed by atoms with E-state index in [2.05, 4.69) is 10.6 Å². The van der Waals surface area contributed by atoms with Gasteiger partial charge < -0.3 is 15.4 Å². The fraction of sp³-hybridized carbons (Fsp3) is 0.500. The number of carbonyl (C=O) groups is 3. The molecule has 26 heavy (non-hydrogen) atoms. The molecule has 1 aliphatic rings. The van der Waals surface area contributed by atoms with E-state index in [0.717, 1.165) is 5.56 Å². The number of anilines is 1. The van der Waals surface area contributed by atoms with Crippen LogP contribution >= 0.6 is 11.6 Å². The van der Waals surface area contributed by atoms with Crippen LogP contribution in [0.5, 0.6) is 0 Å². The number of ether oxygens (including phenoxy) is 1. The normalized spacial score (nSPS) is 15.3. The van der Waals surface area contributed by atoms with Gasteiger partial charge in [-0.05, 0) is 50.6 Å². The summed E-state index contributed by atoms with van der Waals surface area (Å²) in [4.78, 5) is 37.5. The number of esters is 1. The van der Waals surface area contributed by atoms with Crippen LogP contribution in [0, 0.1) is 12.8 Å². The van der Waals surface area contributed by atoms with Gasteiger partial charge in [0, 0.05) is 10.7 Å². The van der Waals surface area contributed by atoms with E-state index >= 15 is 0 Å². The van der Waals surface area contributed by atoms with Gasteiger partial charge in [0.05, 0.1) is 26.1 Å². The molecule has 7 nitrogen and oxygen atoms in total. The SMILES string of the molecule is COC(=O)C1CCN(CC(=O)NCC(=O)Nc2cccc(Cl)c2C)CC1. The highest BCUT2D eigenvalue weighted by atomic mass is 35.5. The van der Waals surface area contributed by atoms with Crippen LogP contribution in [0.15, 0.2) is 18.2 Å². The first kappa shape index (κ1) is 20.2. The molecule has 1 saturated heterocycles. The van der Waals surface area contributed by atoms with Crippen LogP contribution in [0.25, 0.3) is 0 Å². The third-order valence-electron chi connectivity index (χ3n) is 4.48. The van der Waals surface area contributed by atoms with Crippen LogP contribution in [0.1, 0.15) is 18.4 Å². The molecule has 1 aromatic rings. The number of hydrogen-bond donors (Lipinski definition) is 2. The minimum atomic E-state index is -0.312. The fourth-order valence-electron chi connectivity index (χ4n) is 2.87. The molecule has 1 heterocycles. The van der Waals surface area contributed by atoms with Gasteiger partial charge in [0.2, 0.25) is 11.8 Å². The van der Waals surface area contributed by atoms with Crippen LogP contribution in [0.2, 0.25) is 5.02 Å². The third-order valence-corrected chi connectivity index (χ3v) is 4.89. The van der Waals surface area contributed by atoms with E-state index < -0.39 is 0 Å². The Labute approximate surface area is 158 Å². The van der Waals surface area contributed by atoms with Gasteiger partial charge in [-0.15, -0.1) is 0 Å². The third kappa shape index (κ3) is 5.71. The number of rotatable bonds is 6. The predicted octanol–water partition coefficient (Wildman–Crippen LogP) is 1.59. The van der Waals surface area contributed by atoms with Gasteiger partial charge in [0.1, 0.15) is 0 Å². The lowest BCUT2D eigenvalue weighted by Gasteiger charge is -2.29. The van der Waals surface area contributed by atoms with Crippen molar-refractivity contribution in [3.8, 4) is 0 Å². The maximum Gasteiger partial charge on any atom is 0.308 e. The molecule has 0 unspecified atom stereocenters. The van der Waals surface area contributed by atoms with Gasteiger partial charge in [-0.3, -0.25) is 19.3 Å². The van der Waals surface area contributed by atoms with Gasteiger partial charge in [-0.1, -0.05) is 17.7 Å². The molecule has 2 rings (SSSR count). The van der Waals surface area contributed by atoms with Crippen LogP contribution in [-0.2, 0) is 19.1 Å². The molecule has 0 bridgehead atoms. The fourth-order valence-corrected chi connectivity index (χ4v) is 3.04. The van der Waals surface area contributed by atoms with Gasteiger partial charge in [-0.2, -0.15) is 0 Å². The summed E-state index contributed by atoms with van der Waals surface area (Å²) in [7, 11) is 1.39. The molecule has 2 amide bonds. The van der Waals surface area contributed by atoms with Crippen molar-refractivity contribution in [1.29, 1.82) is 0 Å². The molecule has 0 aliphatic carbocycles. The first-order chi connectivity index (χ1) is 12.4. The molecule has 1 aliphatic heterocycles. The first-order valence-corrected chi connectivity index (χ1v) is 8.90. The number of methoxy groups -OCH3 is 1. The molecular weight excluding hydrogens is 358 g/mol. The van der Waals surface area contributed by atoms with E-state index in [9.17, 15) is 14.4 Å². The topological polar surface area (TPSA) is 87.7 Å². The lowest BCUT2D eigenvalue weighted by atomic mass is 9.97. The molecule has 0 spiro atoms. The molecule has 0 aromatic heterocycles. The number of nitrogens with zero attached hydrogens (tertiary/aromatic N) is 1. The average molecular weight is 382 g/mol. The largest absolute Gasteiger partial charge is 0.469 e. The molecule has 1 fully saturated rings. The zero-order valence-electron chi connectivity index (χ0n) is 15.0. The minimum absolute atomic E-state index is 0.0916. The Morgan fingerprint density at radius 2 is 1.92 bits per heavy atom. The molecule has 1 aromatic carbocycles. The van der Waals surface area contributed by atoms with Gasteiger partial charge in [0.15, 0.2) is 0 Å². The summed E-state index contributed by atoms with van der Waals surface area (Å²) in [6.45, 7) is 3.22. The Morgan fingerprint density at radius 1 is 1.23 bits per heavy atom. The Morgan fingerprint density at radius 3 is 2.58 bits per heavy atom. The lowest BCUT2D eigenvalue weighted by Crippen LogP contribution is -2.44. The molecular formula is C18H24ClN3O4. The monoisotopic (exact) mass is 381 g/mol. The number of nitrogens with one attached hydrogen (secondary N) is 2. The van der Waals surface area contributed by atoms with Crippen molar-refractivity contribution in [3.05, 3.63) is 28.8 Å². The zero-order valence-corrected chi connectivity index (χ0v) is 15.8. The standard InChI is InChI=1S/C18H24ClN3O4/c1-12-14(19)4-3-5-15(12)21-16(23)10-20-17(24)11-22-8-6-13(7-9-22)18(25)26-2/h3-5,13H,6-11H2,1-2H3,(H,20,24)(H,21,23). The molecule has 2 N–H and O–H groups in total. The quantitative estimate of drug-likeness (QED) is 0.730. The average Bonchev–Trinajstić information content (AvgIpc) is 2.64. The molecule has 0 radical (unpaired) electrons. The summed E-state index contributed by atoms with van der Waals surface area (Å²) < 4.78 is 4.75. The summed E-state index contributed by atoms with van der Waals surface area (Å²) in [6.07, 6.45) is 1.35. The number of halogens is 1. The van der Waals surface area contributed by atoms with E-state index in [-0.39, 0.29) is 36.8 Å². The van der Waals surface area contributed by atoms with E-state index in [1.165, 1.54) is 7.11 Å². The highest BCUT2D eigenvalue weighted by Gasteiger charge is 2.26. The second kappa shape index (κ2) is 9.54. The van der Waals surface area contributed by atoms with Crippen molar-refractivity contribution in [2.45, 2.75) is 19.8 Å². The van der Waals surface area contributed by atoms with Crippen molar-refractivity contribution in [2.75, 3.05) is 38.6 Å². The van der Waals surface area contributed by atoms with Gasteiger partial charge in [0.25, 0.3) is 0 Å². The Balaban J connectivity index is 1.71. The Bertz CT molecular complexity index is 672. The highest BCUT2D eigenvalue weighted by Crippen LogP contribution is 2.22. The van der Waals surface area contributed by atoms with Crippen molar-refractivity contribution >= 4 is 35.1 Å². The number of likely N-dealkylation sites (tertiary alicyclic amines) is 1. The van der Waals surface area contributed by atoms with Crippen LogP contribution < -0.4 is 10.6 Å². The van der Waals surface area contributed by atoms with Crippen LogP contribution in [0.4, 0.5) is 5.69 Å². The zero-order chi connectivity index (χ0) is 19.1. The second-order valence-electron chi connectivity index (χ2n) is 6.31. The molecule has 0 saturated carbocycles. The number of benzene rings is 1. The number of piperidine rings is 1. The van der Waals surface area contributed by atoms with Crippen molar-refractivity contribution in [2.24, 2.45) is 5.92 Å². The number of hydrogen-bond acceptors (Lipinski definition) is 5. The second-order valence-corrected chi connectivity index (χ2v) is 6.72. The smallest absolute Gasteiger partial charge is 0.308 e. The molecule has 8 heteroatoms. The Hall–Kier alpha value is -2.12. The lowest BCUT2D eigenvalue weighted by molar-refractivity contribution is -0.147. The highest BCUT2D eigenvalue weighted by molar-refractivity contribution is 6.31. The molecule has 0 atom stereocenters. The van der Waals surface area contributed by atoms with Crippen LogP contribution in [-0.4, -0.2) is 56.0 Å². The van der Waals surface area contributed by atoms with Crippen molar-refractivity contribution in [1.82, 2.24) is 10.2 Å². The van der Waals surface area contributed by atoms with E-state index in [0.29, 0.717) is 36.6 Å². The van der Waals surface area contributed by atoms with Gasteiger partial charge >= 0.3 is 5.97 Å². The van der Waals surface area contributed by atoms with E-state index in [4.69, 9.17) is 16.3 Å². The van der Waals surface area contributed by atoms with Crippen molar-refractivity contribution in [3.63, 3.8) is 0 Å². The summed E-state index contributed by atoms with van der Waals surface area (Å²) >= 11 is 6.02. The molecule has 142 valence electrons. The maximum absolute atomic E-state index is 12.0. The van der Waals surface area contributed by atoms with E-state index in [1.54, 1.807) is 18.2 Å². The minimum Gasteiger partial charge on any atom is -0.469 e. The first-order valence-electron chi connectivity index (χ1n) is 8.52. The summed E-state index contributed by atoms with van der Waals surface area (Å²) in [5, 5.41) is 5.92. The Kier molecular flexibility index (Phi) is 7.41. The van der Waals surface area contributed by atoms with Crippen LogP contribution in [0.3, 0.4) is 0 Å². The number of carbonyl (C=O) groups excluding carboxylic acids is 3. The van der Waals surface area contributed by atoms with E-state index in [1.807, 2.05) is 11.8 Å². The van der Waals surface area contributed by atoms with Gasteiger partial charge in [-0.25, -0.2) is 0 Å². The summed E-state index contributed by atoms with van der Waals surface area (Å²) in [6, 6.07) is 5.26. The maximum atomic E-state index is 12.0.